The highest BCUT2D eigenvalue weighted by molar-refractivity contribution is 5.89. The molecule has 0 radical (unpaired) electrons. The van der Waals surface area contributed by atoms with Crippen molar-refractivity contribution in [3.8, 4) is 0 Å². The number of carbonyl (C=O) groups is 1. The summed E-state index contributed by atoms with van der Waals surface area (Å²) in [4.78, 5) is 28.7. The maximum Gasteiger partial charge on any atom is 0.321 e. The molecule has 4 rings (SSSR count). The smallest absolute Gasteiger partial charge is 0.321 e. The van der Waals surface area contributed by atoms with Gasteiger partial charge in [-0.05, 0) is 25.5 Å². The maximum atomic E-state index is 12.8. The van der Waals surface area contributed by atoms with E-state index in [1.807, 2.05) is 55.1 Å². The van der Waals surface area contributed by atoms with Gasteiger partial charge >= 0.3 is 6.03 Å². The van der Waals surface area contributed by atoms with Crippen LogP contribution in [0.4, 0.5) is 22.2 Å². The number of nitrogens with one attached hydrogen (secondary N) is 1. The second-order valence-corrected chi connectivity index (χ2v) is 8.05. The highest BCUT2D eigenvalue weighted by Crippen LogP contribution is 2.27. The van der Waals surface area contributed by atoms with E-state index in [0.717, 1.165) is 54.6 Å². The van der Waals surface area contributed by atoms with Gasteiger partial charge in [-0.25, -0.2) is 9.78 Å². The van der Waals surface area contributed by atoms with Crippen molar-refractivity contribution < 1.29 is 9.53 Å². The molecule has 2 aromatic rings. The fourth-order valence-corrected chi connectivity index (χ4v) is 3.88. The van der Waals surface area contributed by atoms with Crippen LogP contribution in [0.25, 0.3) is 0 Å². The fraction of sp³-hybridized carbons (Fsp3) is 0.500. The third-order valence-corrected chi connectivity index (χ3v) is 5.62. The maximum absolute atomic E-state index is 12.8. The van der Waals surface area contributed by atoms with Crippen LogP contribution in [0.3, 0.4) is 0 Å². The number of morpholine rings is 1. The molecule has 8 nitrogen and oxygen atoms in total. The average Bonchev–Trinajstić information content (AvgIpc) is 2.98. The van der Waals surface area contributed by atoms with Gasteiger partial charge in [-0.1, -0.05) is 17.7 Å². The molecule has 0 bridgehead atoms. The van der Waals surface area contributed by atoms with Gasteiger partial charge in [0.1, 0.15) is 5.82 Å². The Labute approximate surface area is 177 Å². The molecule has 8 heteroatoms. The predicted octanol–water partition coefficient (Wildman–Crippen LogP) is 2.32. The van der Waals surface area contributed by atoms with Crippen LogP contribution in [0.1, 0.15) is 16.8 Å². The van der Waals surface area contributed by atoms with Crippen LogP contribution in [0, 0.1) is 6.92 Å². The molecule has 3 heterocycles. The van der Waals surface area contributed by atoms with E-state index in [4.69, 9.17) is 14.7 Å². The molecular formula is C22H30N6O2. The van der Waals surface area contributed by atoms with Crippen LogP contribution in [0.15, 0.2) is 24.3 Å². The van der Waals surface area contributed by atoms with E-state index in [1.165, 1.54) is 5.56 Å². The van der Waals surface area contributed by atoms with Crippen LogP contribution in [0.5, 0.6) is 0 Å². The third kappa shape index (κ3) is 4.48. The van der Waals surface area contributed by atoms with Crippen LogP contribution in [-0.2, 0) is 17.6 Å². The molecule has 1 fully saturated rings. The standard InChI is InChI=1S/C22H30N6O2/c1-16-4-6-17(7-5-16)23-22(29)28-10-8-18-19(9-11-28)24-21(25-20(18)26(2)3)27-12-14-30-15-13-27/h4-7H,8-15H2,1-3H3,(H,23,29). The minimum absolute atomic E-state index is 0.0700. The highest BCUT2D eigenvalue weighted by atomic mass is 16.5. The number of urea groups is 1. The Kier molecular flexibility index (Phi) is 6.03. The van der Waals surface area contributed by atoms with Gasteiger partial charge in [0.25, 0.3) is 0 Å². The summed E-state index contributed by atoms with van der Waals surface area (Å²) in [5.41, 5.74) is 4.17. The van der Waals surface area contributed by atoms with Gasteiger partial charge in [0, 0.05) is 57.9 Å². The van der Waals surface area contributed by atoms with Crippen molar-refractivity contribution in [1.29, 1.82) is 0 Å². The van der Waals surface area contributed by atoms with E-state index < -0.39 is 0 Å². The number of carbonyl (C=O) groups excluding carboxylic acids is 1. The first kappa shape index (κ1) is 20.4. The number of hydrogen-bond acceptors (Lipinski definition) is 6. The van der Waals surface area contributed by atoms with Crippen LogP contribution < -0.4 is 15.1 Å². The van der Waals surface area contributed by atoms with Crippen molar-refractivity contribution in [2.45, 2.75) is 19.8 Å². The SMILES string of the molecule is Cc1ccc(NC(=O)N2CCc3nc(N4CCOCC4)nc(N(C)C)c3CC2)cc1. The molecule has 2 aliphatic heterocycles. The first-order valence-corrected chi connectivity index (χ1v) is 10.5. The van der Waals surface area contributed by atoms with Crippen molar-refractivity contribution >= 4 is 23.5 Å². The van der Waals surface area contributed by atoms with E-state index in [9.17, 15) is 4.79 Å². The zero-order chi connectivity index (χ0) is 21.1. The van der Waals surface area contributed by atoms with Crippen molar-refractivity contribution in [2.24, 2.45) is 0 Å². The predicted molar refractivity (Wildman–Crippen MR) is 119 cm³/mol. The van der Waals surface area contributed by atoms with E-state index in [1.54, 1.807) is 0 Å². The van der Waals surface area contributed by atoms with Gasteiger partial charge in [0.2, 0.25) is 5.95 Å². The Morgan fingerprint density at radius 1 is 1.03 bits per heavy atom. The van der Waals surface area contributed by atoms with E-state index in [2.05, 4.69) is 10.2 Å². The summed E-state index contributed by atoms with van der Waals surface area (Å²) in [5.74, 6) is 1.71. The summed E-state index contributed by atoms with van der Waals surface area (Å²) >= 11 is 0. The molecule has 2 aliphatic rings. The normalized spacial score (nSPS) is 16.6. The van der Waals surface area contributed by atoms with E-state index in [-0.39, 0.29) is 6.03 Å². The Balaban J connectivity index is 1.52. The zero-order valence-electron chi connectivity index (χ0n) is 18.0. The lowest BCUT2D eigenvalue weighted by Crippen LogP contribution is -2.38. The minimum atomic E-state index is -0.0700. The van der Waals surface area contributed by atoms with Gasteiger partial charge in [-0.2, -0.15) is 4.98 Å². The second kappa shape index (κ2) is 8.87. The molecule has 0 spiro atoms. The number of hydrogen-bond donors (Lipinski definition) is 1. The lowest BCUT2D eigenvalue weighted by molar-refractivity contribution is 0.122. The summed E-state index contributed by atoms with van der Waals surface area (Å²) in [6.07, 6.45) is 1.46. The Bertz CT molecular complexity index is 893. The molecular weight excluding hydrogens is 380 g/mol. The molecule has 1 aromatic carbocycles. The molecule has 30 heavy (non-hydrogen) atoms. The lowest BCUT2D eigenvalue weighted by atomic mass is 10.1. The topological polar surface area (TPSA) is 73.8 Å². The molecule has 1 N–H and O–H groups in total. The number of aryl methyl sites for hydroxylation is 1. The molecule has 1 saturated heterocycles. The Hall–Kier alpha value is -2.87. The van der Waals surface area contributed by atoms with E-state index in [0.29, 0.717) is 26.3 Å². The minimum Gasteiger partial charge on any atom is -0.378 e. The second-order valence-electron chi connectivity index (χ2n) is 8.05. The van der Waals surface area contributed by atoms with Crippen LogP contribution >= 0.6 is 0 Å². The van der Waals surface area contributed by atoms with Crippen molar-refractivity contribution in [1.82, 2.24) is 14.9 Å². The number of nitrogens with zero attached hydrogens (tertiary/aromatic N) is 5. The molecule has 160 valence electrons. The first-order valence-electron chi connectivity index (χ1n) is 10.5. The zero-order valence-corrected chi connectivity index (χ0v) is 18.0. The Morgan fingerprint density at radius 2 is 1.73 bits per heavy atom. The number of anilines is 3. The summed E-state index contributed by atoms with van der Waals surface area (Å²) in [6, 6.07) is 7.80. The van der Waals surface area contributed by atoms with Crippen molar-refractivity contribution in [3.63, 3.8) is 0 Å². The monoisotopic (exact) mass is 410 g/mol. The number of aromatic nitrogens is 2. The first-order chi connectivity index (χ1) is 14.5. The Morgan fingerprint density at radius 3 is 2.43 bits per heavy atom. The highest BCUT2D eigenvalue weighted by Gasteiger charge is 2.25. The van der Waals surface area contributed by atoms with Crippen molar-refractivity contribution in [2.75, 3.05) is 68.6 Å². The number of benzene rings is 1. The van der Waals surface area contributed by atoms with Crippen LogP contribution in [-0.4, -0.2) is 74.4 Å². The van der Waals surface area contributed by atoms with Gasteiger partial charge in [-0.3, -0.25) is 0 Å². The van der Waals surface area contributed by atoms with Gasteiger partial charge in [-0.15, -0.1) is 0 Å². The molecule has 0 aliphatic carbocycles. The molecule has 1 aromatic heterocycles. The molecule has 0 unspecified atom stereocenters. The molecule has 0 saturated carbocycles. The third-order valence-electron chi connectivity index (χ3n) is 5.62. The number of rotatable bonds is 3. The largest absolute Gasteiger partial charge is 0.378 e. The van der Waals surface area contributed by atoms with Crippen molar-refractivity contribution in [3.05, 3.63) is 41.1 Å². The summed E-state index contributed by atoms with van der Waals surface area (Å²) in [7, 11) is 4.02. The number of fused-ring (bicyclic) bond motifs is 1. The van der Waals surface area contributed by atoms with Gasteiger partial charge in [0.05, 0.1) is 18.9 Å². The molecule has 0 atom stereocenters. The summed E-state index contributed by atoms with van der Waals surface area (Å²) < 4.78 is 5.47. The number of amides is 2. The quantitative estimate of drug-likeness (QED) is 0.837. The molecule has 2 amide bonds. The average molecular weight is 411 g/mol. The lowest BCUT2D eigenvalue weighted by Gasteiger charge is -2.28. The summed E-state index contributed by atoms with van der Waals surface area (Å²) in [6.45, 7) is 6.32. The fourth-order valence-electron chi connectivity index (χ4n) is 3.88. The van der Waals surface area contributed by atoms with E-state index >= 15 is 0 Å². The summed E-state index contributed by atoms with van der Waals surface area (Å²) in [5, 5.41) is 3.01. The number of ether oxygens (including phenoxy) is 1. The van der Waals surface area contributed by atoms with Gasteiger partial charge in [0.15, 0.2) is 0 Å². The van der Waals surface area contributed by atoms with Gasteiger partial charge < -0.3 is 24.8 Å². The van der Waals surface area contributed by atoms with Crippen LogP contribution in [0.2, 0.25) is 0 Å².